The molecule has 3 aliphatic carbocycles. The van der Waals surface area contributed by atoms with Gasteiger partial charge in [-0.25, -0.2) is 21.6 Å². The van der Waals surface area contributed by atoms with Gasteiger partial charge in [0, 0.05) is 23.4 Å². The summed E-state index contributed by atoms with van der Waals surface area (Å²) in [4.78, 5) is 12.3. The molecule has 4 unspecified atom stereocenters. The molecule has 4 atom stereocenters. The normalized spacial score (nSPS) is 25.5. The van der Waals surface area contributed by atoms with Gasteiger partial charge in [-0.05, 0) is 55.2 Å². The average molecular weight is 534 g/mol. The van der Waals surface area contributed by atoms with Crippen LogP contribution in [-0.2, 0) is 9.84 Å². The molecule has 0 aliphatic heterocycles. The molecule has 0 radical (unpaired) electrons. The molecule has 3 aliphatic rings. The summed E-state index contributed by atoms with van der Waals surface area (Å²) in [6, 6.07) is 4.73. The van der Waals surface area contributed by atoms with Crippen molar-refractivity contribution in [2.24, 2.45) is 17.8 Å². The van der Waals surface area contributed by atoms with Crippen LogP contribution in [0.3, 0.4) is 0 Å². The van der Waals surface area contributed by atoms with E-state index in [2.05, 4.69) is 5.32 Å². The van der Waals surface area contributed by atoms with Gasteiger partial charge >= 0.3 is 0 Å². The van der Waals surface area contributed by atoms with Crippen molar-refractivity contribution in [1.82, 2.24) is 0 Å². The summed E-state index contributed by atoms with van der Waals surface area (Å²) in [6.07, 6.45) is -1.30. The maximum Gasteiger partial charge on any atom is 0.255 e. The van der Waals surface area contributed by atoms with E-state index in [0.717, 1.165) is 6.07 Å². The number of halogens is 4. The minimum atomic E-state index is -3.99. The van der Waals surface area contributed by atoms with Gasteiger partial charge in [0.15, 0.2) is 27.3 Å². The Morgan fingerprint density at radius 1 is 1.06 bits per heavy atom. The predicted octanol–water partition coefficient (Wildman–Crippen LogP) is 2.91. The van der Waals surface area contributed by atoms with Crippen molar-refractivity contribution in [2.45, 2.75) is 41.6 Å². The van der Waals surface area contributed by atoms with E-state index in [1.165, 1.54) is 12.1 Å². The maximum absolute atomic E-state index is 13.4. The number of carbonyl (C=O) groups is 1. The summed E-state index contributed by atoms with van der Waals surface area (Å²) in [5, 5.41) is 30.4. The fourth-order valence-electron chi connectivity index (χ4n) is 5.22. The van der Waals surface area contributed by atoms with Crippen molar-refractivity contribution >= 4 is 33.0 Å². The molecular weight excluding hydrogens is 511 g/mol. The van der Waals surface area contributed by atoms with Crippen LogP contribution in [0.1, 0.15) is 29.6 Å². The quantitative estimate of drug-likeness (QED) is 0.406. The van der Waals surface area contributed by atoms with E-state index >= 15 is 0 Å². The first-order chi connectivity index (χ1) is 16.4. The van der Waals surface area contributed by atoms with Gasteiger partial charge in [0.25, 0.3) is 5.91 Å². The topological polar surface area (TPSA) is 124 Å². The van der Waals surface area contributed by atoms with Gasteiger partial charge in [0.2, 0.25) is 0 Å². The second-order valence-corrected chi connectivity index (χ2v) is 11.7. The molecule has 1 amide bonds. The number of aliphatic hydroxyl groups is 3. The summed E-state index contributed by atoms with van der Waals surface area (Å²) in [5.74, 6) is -6.18. The van der Waals surface area contributed by atoms with E-state index in [0.29, 0.717) is 18.6 Å². The Morgan fingerprint density at radius 2 is 1.66 bits per heavy atom. The number of hydrogen-bond acceptors (Lipinski definition) is 6. The van der Waals surface area contributed by atoms with Crippen LogP contribution in [0.4, 0.5) is 18.9 Å². The lowest BCUT2D eigenvalue weighted by Crippen LogP contribution is -2.55. The molecule has 0 spiro atoms. The Balaban J connectivity index is 1.53. The molecule has 5 rings (SSSR count). The van der Waals surface area contributed by atoms with Crippen molar-refractivity contribution in [3.05, 3.63) is 58.4 Å². The second kappa shape index (κ2) is 9.70. The smallest absolute Gasteiger partial charge is 0.255 e. The summed E-state index contributed by atoms with van der Waals surface area (Å²) >= 11 is 6.16. The summed E-state index contributed by atoms with van der Waals surface area (Å²) in [6.45, 7) is -0.597. The highest BCUT2D eigenvalue weighted by molar-refractivity contribution is 7.92. The number of fused-ring (bicyclic) bond motifs is 2. The molecular formula is C23H23ClF3NO6S. The van der Waals surface area contributed by atoms with Gasteiger partial charge < -0.3 is 20.6 Å². The summed E-state index contributed by atoms with van der Waals surface area (Å²) in [7, 11) is -3.99. The van der Waals surface area contributed by atoms with Gasteiger partial charge in [-0.15, -0.1) is 0 Å². The van der Waals surface area contributed by atoms with Gasteiger partial charge in [0.05, 0.1) is 27.9 Å². The SMILES string of the molecule is O=C(Nc1cc(F)c(F)c(F)c1)c1ccc(Cl)c(S(=O)(=O)C2CC3CC(C2)C3C(O)C(O)CO)c1. The molecule has 0 aromatic heterocycles. The predicted molar refractivity (Wildman–Crippen MR) is 120 cm³/mol. The van der Waals surface area contributed by atoms with Crippen molar-refractivity contribution in [3.8, 4) is 0 Å². The number of benzene rings is 2. The number of rotatable bonds is 7. The minimum Gasteiger partial charge on any atom is -0.394 e. The average Bonchev–Trinajstić information content (AvgIpc) is 2.81. The lowest BCUT2D eigenvalue weighted by molar-refractivity contribution is -0.126. The first kappa shape index (κ1) is 25.9. The molecule has 12 heteroatoms. The largest absolute Gasteiger partial charge is 0.394 e. The number of sulfone groups is 1. The first-order valence-corrected chi connectivity index (χ1v) is 12.8. The molecule has 0 saturated heterocycles. The molecule has 7 nitrogen and oxygen atoms in total. The number of hydrogen-bond donors (Lipinski definition) is 4. The standard InChI is InChI=1S/C23H23ClF3NO6S/c24-15-2-1-10(23(32)28-13-7-16(25)21(27)17(26)8-13)6-19(15)35(33,34)14-4-11-3-12(5-14)20(11)22(31)18(30)9-29/h1-2,6-8,11-12,14,18,20,22,29-31H,3-5,9H2,(H,28,32). The maximum atomic E-state index is 13.4. The Kier molecular flexibility index (Phi) is 7.18. The van der Waals surface area contributed by atoms with Crippen molar-refractivity contribution < 1.29 is 41.7 Å². The third kappa shape index (κ3) is 4.79. The lowest BCUT2D eigenvalue weighted by Gasteiger charge is -2.54. The molecule has 2 aromatic carbocycles. The number of nitrogens with one attached hydrogen (secondary N) is 1. The van der Waals surface area contributed by atoms with Gasteiger partial charge in [-0.1, -0.05) is 11.6 Å². The van der Waals surface area contributed by atoms with Crippen LogP contribution < -0.4 is 5.32 Å². The Labute approximate surface area is 204 Å². The molecule has 2 bridgehead atoms. The second-order valence-electron chi connectivity index (χ2n) is 9.07. The number of amides is 1. The van der Waals surface area contributed by atoms with Crippen LogP contribution in [-0.4, -0.2) is 53.7 Å². The van der Waals surface area contributed by atoms with E-state index in [4.69, 9.17) is 16.7 Å². The lowest BCUT2D eigenvalue weighted by atomic mass is 9.54. The Bertz CT molecular complexity index is 1220. The van der Waals surface area contributed by atoms with Crippen LogP contribution >= 0.6 is 11.6 Å². The molecule has 2 aromatic rings. The Morgan fingerprint density at radius 3 is 2.23 bits per heavy atom. The molecule has 3 saturated carbocycles. The molecule has 35 heavy (non-hydrogen) atoms. The molecule has 3 fully saturated rings. The van der Waals surface area contributed by atoms with Crippen LogP contribution in [0.25, 0.3) is 0 Å². The van der Waals surface area contributed by atoms with E-state index < -0.39 is 57.3 Å². The monoisotopic (exact) mass is 533 g/mol. The van der Waals surface area contributed by atoms with E-state index in [9.17, 15) is 36.6 Å². The highest BCUT2D eigenvalue weighted by Gasteiger charge is 2.54. The van der Waals surface area contributed by atoms with Crippen molar-refractivity contribution in [1.29, 1.82) is 0 Å². The van der Waals surface area contributed by atoms with Crippen molar-refractivity contribution in [2.75, 3.05) is 11.9 Å². The third-order valence-corrected chi connectivity index (χ3v) is 9.64. The van der Waals surface area contributed by atoms with E-state index in [1.54, 1.807) is 0 Å². The number of aliphatic hydroxyl groups excluding tert-OH is 3. The van der Waals surface area contributed by atoms with Gasteiger partial charge in [-0.3, -0.25) is 4.79 Å². The van der Waals surface area contributed by atoms with Crippen LogP contribution in [0.5, 0.6) is 0 Å². The zero-order chi connectivity index (χ0) is 25.7. The summed E-state index contributed by atoms with van der Waals surface area (Å²) < 4.78 is 66.8. The Hall–Kier alpha value is -2.18. The van der Waals surface area contributed by atoms with Crippen LogP contribution in [0.2, 0.25) is 5.02 Å². The first-order valence-electron chi connectivity index (χ1n) is 10.9. The van der Waals surface area contributed by atoms with E-state index in [1.807, 2.05) is 0 Å². The van der Waals surface area contributed by atoms with Crippen LogP contribution in [0, 0.1) is 35.2 Å². The van der Waals surface area contributed by atoms with Gasteiger partial charge in [-0.2, -0.15) is 0 Å². The zero-order valence-corrected chi connectivity index (χ0v) is 19.7. The molecule has 4 N–H and O–H groups in total. The fourth-order valence-corrected chi connectivity index (χ4v) is 7.65. The minimum absolute atomic E-state index is 0.105. The van der Waals surface area contributed by atoms with Crippen LogP contribution in [0.15, 0.2) is 35.2 Å². The molecule has 0 heterocycles. The molecule has 190 valence electrons. The highest BCUT2D eigenvalue weighted by atomic mass is 35.5. The number of anilines is 1. The zero-order valence-electron chi connectivity index (χ0n) is 18.2. The van der Waals surface area contributed by atoms with Gasteiger partial charge in [0.1, 0.15) is 6.10 Å². The van der Waals surface area contributed by atoms with E-state index in [-0.39, 0.29) is 51.8 Å². The summed E-state index contributed by atoms with van der Waals surface area (Å²) in [5.41, 5.74) is -0.494. The fraction of sp³-hybridized carbons (Fsp3) is 0.435. The number of carbonyl (C=O) groups excluding carboxylic acids is 1. The third-order valence-electron chi connectivity index (χ3n) is 6.98. The highest BCUT2D eigenvalue weighted by Crippen LogP contribution is 2.54. The van der Waals surface area contributed by atoms with Crippen molar-refractivity contribution in [3.63, 3.8) is 0 Å².